The van der Waals surface area contributed by atoms with Gasteiger partial charge in [0.1, 0.15) is 0 Å². The van der Waals surface area contributed by atoms with Gasteiger partial charge in [-0.25, -0.2) is 4.79 Å². The third-order valence-corrected chi connectivity index (χ3v) is 3.54. The first-order valence-corrected chi connectivity index (χ1v) is 5.60. The Hall–Kier alpha value is -1.51. The number of hydrogen-bond acceptors (Lipinski definition) is 1. The molecule has 0 radical (unpaired) electrons. The van der Waals surface area contributed by atoms with Crippen LogP contribution in [-0.2, 0) is 6.42 Å². The molecule has 1 heterocycles. The molecule has 3 heteroatoms. The highest BCUT2D eigenvalue weighted by Gasteiger charge is 2.27. The molecule has 86 valence electrons. The lowest BCUT2D eigenvalue weighted by molar-refractivity contribution is 0.124. The van der Waals surface area contributed by atoms with E-state index in [1.807, 2.05) is 6.92 Å². The van der Waals surface area contributed by atoms with E-state index in [0.717, 1.165) is 12.0 Å². The van der Waals surface area contributed by atoms with Crippen molar-refractivity contribution < 1.29 is 9.90 Å². The smallest absolute Gasteiger partial charge is 0.407 e. The fraction of sp³-hybridized carbons (Fsp3) is 0.462. The van der Waals surface area contributed by atoms with E-state index < -0.39 is 6.09 Å². The largest absolute Gasteiger partial charge is 0.465 e. The molecule has 1 aromatic carbocycles. The van der Waals surface area contributed by atoms with Crippen molar-refractivity contribution in [3.05, 3.63) is 34.4 Å². The highest BCUT2D eigenvalue weighted by molar-refractivity contribution is 5.66. The summed E-state index contributed by atoms with van der Waals surface area (Å²) in [5.41, 5.74) is 4.98. The number of nitrogens with zero attached hydrogens (tertiary/aromatic N) is 1. The molecule has 0 aliphatic carbocycles. The standard InChI is InChI=1S/C13H17NO2/c1-8-6-11-4-5-14(13(15)16)10(3)12(11)7-9(8)2/h6-7,10H,4-5H2,1-3H3,(H,15,16). The molecule has 0 fully saturated rings. The predicted octanol–water partition coefficient (Wildman–Crippen LogP) is 2.90. The maximum Gasteiger partial charge on any atom is 0.407 e. The van der Waals surface area contributed by atoms with Crippen molar-refractivity contribution >= 4 is 6.09 Å². The van der Waals surface area contributed by atoms with E-state index in [1.165, 1.54) is 21.6 Å². The van der Waals surface area contributed by atoms with E-state index in [4.69, 9.17) is 5.11 Å². The van der Waals surface area contributed by atoms with Crippen molar-refractivity contribution in [2.24, 2.45) is 0 Å². The second kappa shape index (κ2) is 3.81. The van der Waals surface area contributed by atoms with Crippen LogP contribution in [0, 0.1) is 13.8 Å². The minimum Gasteiger partial charge on any atom is -0.465 e. The van der Waals surface area contributed by atoms with Crippen molar-refractivity contribution in [1.29, 1.82) is 0 Å². The van der Waals surface area contributed by atoms with Crippen LogP contribution in [-0.4, -0.2) is 22.6 Å². The third-order valence-electron chi connectivity index (χ3n) is 3.54. The monoisotopic (exact) mass is 219 g/mol. The number of carbonyl (C=O) groups is 1. The topological polar surface area (TPSA) is 40.5 Å². The minimum absolute atomic E-state index is 0.0273. The van der Waals surface area contributed by atoms with Gasteiger partial charge in [0.2, 0.25) is 0 Å². The summed E-state index contributed by atoms with van der Waals surface area (Å²) in [5, 5.41) is 9.08. The summed E-state index contributed by atoms with van der Waals surface area (Å²) in [4.78, 5) is 12.6. The SMILES string of the molecule is Cc1cc2c(cc1C)C(C)N(C(=O)O)CC2. The maximum absolute atomic E-state index is 11.1. The van der Waals surface area contributed by atoms with Crippen molar-refractivity contribution in [1.82, 2.24) is 4.90 Å². The van der Waals surface area contributed by atoms with E-state index >= 15 is 0 Å². The molecule has 2 rings (SSSR count). The molecule has 0 saturated heterocycles. The number of carboxylic acid groups (broad SMARTS) is 1. The lowest BCUT2D eigenvalue weighted by atomic mass is 9.90. The van der Waals surface area contributed by atoms with Gasteiger partial charge in [0.25, 0.3) is 0 Å². The summed E-state index contributed by atoms with van der Waals surface area (Å²) >= 11 is 0. The number of benzene rings is 1. The Morgan fingerprint density at radius 3 is 2.62 bits per heavy atom. The second-order valence-electron chi connectivity index (χ2n) is 4.54. The van der Waals surface area contributed by atoms with Crippen molar-refractivity contribution in [3.8, 4) is 0 Å². The summed E-state index contributed by atoms with van der Waals surface area (Å²) in [6.07, 6.45) is 0.00368. The number of rotatable bonds is 0. The Morgan fingerprint density at radius 1 is 1.38 bits per heavy atom. The Morgan fingerprint density at radius 2 is 2.00 bits per heavy atom. The highest BCUT2D eigenvalue weighted by atomic mass is 16.4. The number of hydrogen-bond donors (Lipinski definition) is 1. The molecule has 0 spiro atoms. The van der Waals surface area contributed by atoms with Gasteiger partial charge in [0.05, 0.1) is 6.04 Å². The van der Waals surface area contributed by atoms with Gasteiger partial charge in [-0.2, -0.15) is 0 Å². The molecule has 1 aliphatic heterocycles. The van der Waals surface area contributed by atoms with Gasteiger partial charge in [0, 0.05) is 6.54 Å². The summed E-state index contributed by atoms with van der Waals surface area (Å²) in [5.74, 6) is 0. The van der Waals surface area contributed by atoms with Gasteiger partial charge >= 0.3 is 6.09 Å². The maximum atomic E-state index is 11.1. The van der Waals surface area contributed by atoms with Crippen LogP contribution in [0.5, 0.6) is 0 Å². The molecule has 0 aromatic heterocycles. The van der Waals surface area contributed by atoms with E-state index in [0.29, 0.717) is 6.54 Å². The van der Waals surface area contributed by atoms with Crippen molar-refractivity contribution in [2.45, 2.75) is 33.2 Å². The molecule has 3 nitrogen and oxygen atoms in total. The fourth-order valence-corrected chi connectivity index (χ4v) is 2.37. The summed E-state index contributed by atoms with van der Waals surface area (Å²) < 4.78 is 0. The summed E-state index contributed by atoms with van der Waals surface area (Å²) in [7, 11) is 0. The van der Waals surface area contributed by atoms with Gasteiger partial charge < -0.3 is 10.0 Å². The molecule has 1 amide bonds. The van der Waals surface area contributed by atoms with Crippen LogP contribution < -0.4 is 0 Å². The number of fused-ring (bicyclic) bond motifs is 1. The van der Waals surface area contributed by atoms with Crippen LogP contribution in [0.15, 0.2) is 12.1 Å². The van der Waals surface area contributed by atoms with E-state index in [9.17, 15) is 4.79 Å². The highest BCUT2D eigenvalue weighted by Crippen LogP contribution is 2.31. The Balaban J connectivity index is 2.44. The molecule has 1 unspecified atom stereocenters. The van der Waals surface area contributed by atoms with Crippen LogP contribution in [0.25, 0.3) is 0 Å². The second-order valence-corrected chi connectivity index (χ2v) is 4.54. The van der Waals surface area contributed by atoms with Crippen LogP contribution in [0.2, 0.25) is 0 Å². The molecule has 0 bridgehead atoms. The van der Waals surface area contributed by atoms with Gasteiger partial charge in [-0.3, -0.25) is 0 Å². The van der Waals surface area contributed by atoms with E-state index in [1.54, 1.807) is 0 Å². The van der Waals surface area contributed by atoms with Gasteiger partial charge in [-0.15, -0.1) is 0 Å². The Kier molecular flexibility index (Phi) is 2.62. The van der Waals surface area contributed by atoms with Crippen molar-refractivity contribution in [3.63, 3.8) is 0 Å². The molecule has 1 atom stereocenters. The average molecular weight is 219 g/mol. The molecule has 16 heavy (non-hydrogen) atoms. The van der Waals surface area contributed by atoms with E-state index in [-0.39, 0.29) is 6.04 Å². The van der Waals surface area contributed by atoms with E-state index in [2.05, 4.69) is 26.0 Å². The van der Waals surface area contributed by atoms with Crippen LogP contribution in [0.3, 0.4) is 0 Å². The predicted molar refractivity (Wildman–Crippen MR) is 62.8 cm³/mol. The molecular weight excluding hydrogens is 202 g/mol. The lowest BCUT2D eigenvalue weighted by Gasteiger charge is -2.33. The normalized spacial score (nSPS) is 19.4. The average Bonchev–Trinajstić information content (AvgIpc) is 2.21. The fourth-order valence-electron chi connectivity index (χ4n) is 2.37. The van der Waals surface area contributed by atoms with Crippen LogP contribution in [0.1, 0.15) is 35.2 Å². The van der Waals surface area contributed by atoms with Gasteiger partial charge in [-0.1, -0.05) is 12.1 Å². The van der Waals surface area contributed by atoms with Gasteiger partial charge in [-0.05, 0) is 49.4 Å². The lowest BCUT2D eigenvalue weighted by Crippen LogP contribution is -2.37. The molecular formula is C13H17NO2. The van der Waals surface area contributed by atoms with Crippen LogP contribution in [0.4, 0.5) is 4.79 Å². The number of aryl methyl sites for hydroxylation is 2. The summed E-state index contributed by atoms with van der Waals surface area (Å²) in [6, 6.07) is 4.30. The molecule has 1 aromatic rings. The zero-order valence-electron chi connectivity index (χ0n) is 9.95. The summed E-state index contributed by atoms with van der Waals surface area (Å²) in [6.45, 7) is 6.73. The zero-order chi connectivity index (χ0) is 11.9. The number of amides is 1. The first-order valence-electron chi connectivity index (χ1n) is 5.60. The zero-order valence-corrected chi connectivity index (χ0v) is 9.95. The molecule has 1 aliphatic rings. The molecule has 1 N–H and O–H groups in total. The third kappa shape index (κ3) is 1.66. The van der Waals surface area contributed by atoms with Crippen molar-refractivity contribution in [2.75, 3.05) is 6.54 Å². The van der Waals surface area contributed by atoms with Gasteiger partial charge in [0.15, 0.2) is 0 Å². The minimum atomic E-state index is -0.823. The Bertz CT molecular complexity index is 440. The first-order chi connectivity index (χ1) is 7.50. The quantitative estimate of drug-likeness (QED) is 0.728. The first kappa shape index (κ1) is 11.0. The van der Waals surface area contributed by atoms with Crippen LogP contribution >= 0.6 is 0 Å². The Labute approximate surface area is 95.7 Å². The molecule has 0 saturated carbocycles.